The second kappa shape index (κ2) is 5.63. The molecule has 0 amide bonds. The summed E-state index contributed by atoms with van der Waals surface area (Å²) in [5.41, 5.74) is 3.31. The molecule has 2 aromatic rings. The van der Waals surface area contributed by atoms with Gasteiger partial charge in [0.2, 0.25) is 0 Å². The first-order chi connectivity index (χ1) is 9.38. The van der Waals surface area contributed by atoms with Crippen molar-refractivity contribution in [1.29, 1.82) is 0 Å². The van der Waals surface area contributed by atoms with Crippen molar-refractivity contribution in [2.45, 2.75) is 32.7 Å². The molecule has 0 saturated carbocycles. The first kappa shape index (κ1) is 14.5. The molecule has 0 bridgehead atoms. The molecule has 0 radical (unpaired) electrons. The molecule has 1 heterocycles. The second-order valence-electron chi connectivity index (χ2n) is 5.70. The molecule has 20 heavy (non-hydrogen) atoms. The number of benzene rings is 1. The van der Waals surface area contributed by atoms with E-state index in [1.165, 1.54) is 5.56 Å². The Morgan fingerprint density at radius 1 is 1.30 bits per heavy atom. The molecule has 1 aromatic carbocycles. The summed E-state index contributed by atoms with van der Waals surface area (Å²) in [4.78, 5) is 10.3. The van der Waals surface area contributed by atoms with Crippen LogP contribution in [0.1, 0.15) is 31.9 Å². The fraction of sp³-hybridized carbons (Fsp3) is 0.333. The highest BCUT2D eigenvalue weighted by molar-refractivity contribution is 7.13. The normalized spacial score (nSPS) is 11.3. The fourth-order valence-electron chi connectivity index (χ4n) is 2.04. The van der Waals surface area contributed by atoms with E-state index < -0.39 is 0 Å². The SMILES string of the molecule is CC(C)(C)c1ccccc1NCc1csc([N+](=O)[O-])c1. The Kier molecular flexibility index (Phi) is 4.09. The summed E-state index contributed by atoms with van der Waals surface area (Å²) in [7, 11) is 0. The first-order valence-corrected chi connectivity index (χ1v) is 7.31. The van der Waals surface area contributed by atoms with Crippen LogP contribution in [0.2, 0.25) is 0 Å². The van der Waals surface area contributed by atoms with Gasteiger partial charge in [-0.1, -0.05) is 50.3 Å². The van der Waals surface area contributed by atoms with Crippen molar-refractivity contribution in [2.75, 3.05) is 5.32 Å². The third-order valence-electron chi connectivity index (χ3n) is 3.04. The van der Waals surface area contributed by atoms with E-state index in [0.29, 0.717) is 6.54 Å². The van der Waals surface area contributed by atoms with Crippen LogP contribution in [-0.2, 0) is 12.0 Å². The standard InChI is InChI=1S/C15H18N2O2S/c1-15(2,3)12-6-4-5-7-13(12)16-9-11-8-14(17(18)19)20-10-11/h4-8,10,16H,9H2,1-3H3. The first-order valence-electron chi connectivity index (χ1n) is 6.43. The Morgan fingerprint density at radius 2 is 2.00 bits per heavy atom. The molecule has 0 aliphatic carbocycles. The third-order valence-corrected chi connectivity index (χ3v) is 3.97. The minimum atomic E-state index is -0.350. The molecule has 0 fully saturated rings. The molecule has 0 spiro atoms. The zero-order chi connectivity index (χ0) is 14.8. The number of nitrogens with one attached hydrogen (secondary N) is 1. The Bertz CT molecular complexity index is 614. The zero-order valence-corrected chi connectivity index (χ0v) is 12.7. The molecule has 0 aliphatic rings. The van der Waals surface area contributed by atoms with E-state index in [1.807, 2.05) is 23.6 Å². The number of thiophene rings is 1. The van der Waals surface area contributed by atoms with E-state index in [4.69, 9.17) is 0 Å². The van der Waals surface area contributed by atoms with E-state index >= 15 is 0 Å². The van der Waals surface area contributed by atoms with Crippen LogP contribution >= 0.6 is 11.3 Å². The summed E-state index contributed by atoms with van der Waals surface area (Å²) in [6, 6.07) is 9.80. The van der Waals surface area contributed by atoms with E-state index in [-0.39, 0.29) is 15.3 Å². The second-order valence-corrected chi connectivity index (χ2v) is 6.59. The van der Waals surface area contributed by atoms with Gasteiger partial charge in [-0.3, -0.25) is 10.1 Å². The van der Waals surface area contributed by atoms with Crippen LogP contribution in [0.25, 0.3) is 0 Å². The maximum absolute atomic E-state index is 10.7. The van der Waals surface area contributed by atoms with E-state index in [1.54, 1.807) is 6.07 Å². The Hall–Kier alpha value is -1.88. The largest absolute Gasteiger partial charge is 0.381 e. The highest BCUT2D eigenvalue weighted by atomic mass is 32.1. The van der Waals surface area contributed by atoms with Gasteiger partial charge in [0.25, 0.3) is 0 Å². The van der Waals surface area contributed by atoms with Crippen LogP contribution in [0, 0.1) is 10.1 Å². The number of hydrogen-bond donors (Lipinski definition) is 1. The highest BCUT2D eigenvalue weighted by Crippen LogP contribution is 2.30. The monoisotopic (exact) mass is 290 g/mol. The van der Waals surface area contributed by atoms with Gasteiger partial charge in [0.05, 0.1) is 4.92 Å². The minimum Gasteiger partial charge on any atom is -0.381 e. The van der Waals surface area contributed by atoms with Gasteiger partial charge < -0.3 is 5.32 Å². The molecule has 0 aliphatic heterocycles. The summed E-state index contributed by atoms with van der Waals surface area (Å²) in [6.45, 7) is 7.10. The van der Waals surface area contributed by atoms with Gasteiger partial charge in [-0.15, -0.1) is 0 Å². The van der Waals surface area contributed by atoms with Crippen LogP contribution < -0.4 is 5.32 Å². The van der Waals surface area contributed by atoms with Gasteiger partial charge in [0.1, 0.15) is 0 Å². The number of rotatable bonds is 4. The lowest BCUT2D eigenvalue weighted by Gasteiger charge is -2.23. The number of para-hydroxylation sites is 1. The van der Waals surface area contributed by atoms with E-state index in [0.717, 1.165) is 22.6 Å². The number of nitrogens with zero attached hydrogens (tertiary/aromatic N) is 1. The molecule has 2 rings (SSSR count). The van der Waals surface area contributed by atoms with E-state index in [9.17, 15) is 10.1 Å². The summed E-state index contributed by atoms with van der Waals surface area (Å²) in [5.74, 6) is 0. The van der Waals surface area contributed by atoms with Crippen LogP contribution in [0.3, 0.4) is 0 Å². The quantitative estimate of drug-likeness (QED) is 0.663. The number of anilines is 1. The predicted molar refractivity (Wildman–Crippen MR) is 83.4 cm³/mol. The van der Waals surface area contributed by atoms with Crippen LogP contribution in [0.5, 0.6) is 0 Å². The van der Waals surface area contributed by atoms with Crippen molar-refractivity contribution in [2.24, 2.45) is 0 Å². The summed E-state index contributed by atoms with van der Waals surface area (Å²) in [5, 5.41) is 16.1. The van der Waals surface area contributed by atoms with Gasteiger partial charge in [0, 0.05) is 23.7 Å². The average Bonchev–Trinajstić information content (AvgIpc) is 2.84. The Morgan fingerprint density at radius 3 is 2.60 bits per heavy atom. The summed E-state index contributed by atoms with van der Waals surface area (Å²) in [6.07, 6.45) is 0. The molecule has 1 aromatic heterocycles. The molecule has 4 nitrogen and oxygen atoms in total. The highest BCUT2D eigenvalue weighted by Gasteiger charge is 2.17. The van der Waals surface area contributed by atoms with Crippen LogP contribution in [0.15, 0.2) is 35.7 Å². The van der Waals surface area contributed by atoms with Gasteiger partial charge in [0.15, 0.2) is 0 Å². The lowest BCUT2D eigenvalue weighted by atomic mass is 9.86. The molecular formula is C15H18N2O2S. The average molecular weight is 290 g/mol. The molecule has 106 valence electrons. The minimum absolute atomic E-state index is 0.0598. The molecule has 5 heteroatoms. The van der Waals surface area contributed by atoms with Gasteiger partial charge >= 0.3 is 5.00 Å². The fourth-order valence-corrected chi connectivity index (χ4v) is 2.77. The van der Waals surface area contributed by atoms with Gasteiger partial charge in [-0.05, 0) is 22.6 Å². The van der Waals surface area contributed by atoms with Gasteiger partial charge in [-0.2, -0.15) is 0 Å². The lowest BCUT2D eigenvalue weighted by molar-refractivity contribution is -0.380. The molecular weight excluding hydrogens is 272 g/mol. The zero-order valence-electron chi connectivity index (χ0n) is 11.8. The maximum atomic E-state index is 10.7. The van der Waals surface area contributed by atoms with Crippen molar-refractivity contribution in [3.63, 3.8) is 0 Å². The molecule has 1 N–H and O–H groups in total. The van der Waals surface area contributed by atoms with Crippen molar-refractivity contribution in [1.82, 2.24) is 0 Å². The molecule has 0 unspecified atom stereocenters. The maximum Gasteiger partial charge on any atom is 0.324 e. The molecule has 0 saturated heterocycles. The lowest BCUT2D eigenvalue weighted by Crippen LogP contribution is -2.14. The Balaban J connectivity index is 2.13. The number of hydrogen-bond acceptors (Lipinski definition) is 4. The third kappa shape index (κ3) is 3.36. The van der Waals surface area contributed by atoms with Gasteiger partial charge in [-0.25, -0.2) is 0 Å². The number of nitro groups is 1. The van der Waals surface area contributed by atoms with E-state index in [2.05, 4.69) is 32.2 Å². The van der Waals surface area contributed by atoms with Crippen molar-refractivity contribution in [3.8, 4) is 0 Å². The smallest absolute Gasteiger partial charge is 0.324 e. The van der Waals surface area contributed by atoms with Crippen molar-refractivity contribution < 1.29 is 4.92 Å². The summed E-state index contributed by atoms with van der Waals surface area (Å²) < 4.78 is 0. The predicted octanol–water partition coefficient (Wildman–Crippen LogP) is 4.57. The molecule has 0 atom stereocenters. The van der Waals surface area contributed by atoms with Crippen LogP contribution in [0.4, 0.5) is 10.7 Å². The summed E-state index contributed by atoms with van der Waals surface area (Å²) >= 11 is 1.16. The Labute approximate surface area is 122 Å². The van der Waals surface area contributed by atoms with Crippen LogP contribution in [-0.4, -0.2) is 4.92 Å². The van der Waals surface area contributed by atoms with Crippen molar-refractivity contribution in [3.05, 3.63) is 57.0 Å². The topological polar surface area (TPSA) is 55.2 Å². The van der Waals surface area contributed by atoms with Crippen molar-refractivity contribution >= 4 is 22.0 Å².